The number of ether oxygens (including phenoxy) is 3. The van der Waals surface area contributed by atoms with Crippen molar-refractivity contribution in [3.63, 3.8) is 0 Å². The van der Waals surface area contributed by atoms with Gasteiger partial charge in [0.25, 0.3) is 0 Å². The maximum Gasteiger partial charge on any atom is 0.164 e. The lowest BCUT2D eigenvalue weighted by Crippen LogP contribution is -2.14. The zero-order valence-electron chi connectivity index (χ0n) is 10.5. The van der Waals surface area contributed by atoms with Crippen LogP contribution in [0.4, 0.5) is 0 Å². The van der Waals surface area contributed by atoms with Crippen molar-refractivity contribution < 1.29 is 14.2 Å². The lowest BCUT2D eigenvalue weighted by atomic mass is 10.0. The fraction of sp³-hybridized carbons (Fsp3) is 0.538. The molecule has 2 N–H and O–H groups in total. The quantitative estimate of drug-likeness (QED) is 0.852. The van der Waals surface area contributed by atoms with Gasteiger partial charge < -0.3 is 19.9 Å². The molecule has 0 bridgehead atoms. The Bertz CT molecular complexity index is 402. The maximum atomic E-state index is 6.22. The minimum absolute atomic E-state index is 0.0183. The highest BCUT2D eigenvalue weighted by Gasteiger charge is 2.32. The second-order valence-electron chi connectivity index (χ2n) is 4.31. The van der Waals surface area contributed by atoms with Crippen LogP contribution in [0, 0.1) is 5.92 Å². The third-order valence-corrected chi connectivity index (χ3v) is 3.22. The van der Waals surface area contributed by atoms with E-state index in [1.165, 1.54) is 12.8 Å². The summed E-state index contributed by atoms with van der Waals surface area (Å²) in [5, 5.41) is 0. The fourth-order valence-electron chi connectivity index (χ4n) is 2.02. The summed E-state index contributed by atoms with van der Waals surface area (Å²) in [5.74, 6) is 2.69. The summed E-state index contributed by atoms with van der Waals surface area (Å²) < 4.78 is 15.9. The Labute approximate surface area is 102 Å². The molecule has 0 saturated heterocycles. The second-order valence-corrected chi connectivity index (χ2v) is 4.31. The number of benzene rings is 1. The summed E-state index contributed by atoms with van der Waals surface area (Å²) in [6, 6.07) is 3.77. The molecule has 4 heteroatoms. The minimum Gasteiger partial charge on any atom is -0.496 e. The Morgan fingerprint density at radius 3 is 2.00 bits per heavy atom. The van der Waals surface area contributed by atoms with E-state index in [4.69, 9.17) is 19.9 Å². The van der Waals surface area contributed by atoms with E-state index in [1.807, 2.05) is 12.1 Å². The van der Waals surface area contributed by atoms with Crippen molar-refractivity contribution in [1.29, 1.82) is 0 Å². The Morgan fingerprint density at radius 1 is 1.00 bits per heavy atom. The van der Waals surface area contributed by atoms with Crippen molar-refractivity contribution in [1.82, 2.24) is 0 Å². The smallest absolute Gasteiger partial charge is 0.164 e. The highest BCUT2D eigenvalue weighted by atomic mass is 16.5. The first-order valence-electron chi connectivity index (χ1n) is 5.76. The number of hydrogen-bond donors (Lipinski definition) is 1. The molecule has 1 aliphatic rings. The van der Waals surface area contributed by atoms with E-state index in [-0.39, 0.29) is 6.04 Å². The molecule has 0 spiro atoms. The van der Waals surface area contributed by atoms with E-state index in [0.717, 1.165) is 11.3 Å². The molecular weight excluding hydrogens is 218 g/mol. The van der Waals surface area contributed by atoms with Gasteiger partial charge >= 0.3 is 0 Å². The van der Waals surface area contributed by atoms with Crippen LogP contribution in [-0.4, -0.2) is 21.3 Å². The van der Waals surface area contributed by atoms with Crippen molar-refractivity contribution in [2.24, 2.45) is 11.7 Å². The van der Waals surface area contributed by atoms with Crippen LogP contribution in [0.2, 0.25) is 0 Å². The molecule has 1 saturated carbocycles. The molecule has 0 radical (unpaired) electrons. The number of hydrogen-bond acceptors (Lipinski definition) is 4. The first-order valence-corrected chi connectivity index (χ1v) is 5.76. The summed E-state index contributed by atoms with van der Waals surface area (Å²) in [6.45, 7) is 0. The average Bonchev–Trinajstić information content (AvgIpc) is 3.20. The molecule has 0 heterocycles. The fourth-order valence-corrected chi connectivity index (χ4v) is 2.02. The third kappa shape index (κ3) is 2.31. The van der Waals surface area contributed by atoms with Gasteiger partial charge in [0.15, 0.2) is 11.5 Å². The van der Waals surface area contributed by atoms with Gasteiger partial charge in [-0.25, -0.2) is 0 Å². The SMILES string of the molecule is COc1cc(OC)c(C(N)C2CC2)cc1OC. The van der Waals surface area contributed by atoms with Crippen LogP contribution in [0.1, 0.15) is 24.4 Å². The zero-order chi connectivity index (χ0) is 12.4. The van der Waals surface area contributed by atoms with Gasteiger partial charge in [0.05, 0.1) is 21.3 Å². The molecule has 0 amide bonds. The topological polar surface area (TPSA) is 53.7 Å². The molecule has 1 unspecified atom stereocenters. The highest BCUT2D eigenvalue weighted by molar-refractivity contribution is 5.52. The molecule has 4 nitrogen and oxygen atoms in total. The van der Waals surface area contributed by atoms with Gasteiger partial charge in [-0.2, -0.15) is 0 Å². The van der Waals surface area contributed by atoms with Crippen LogP contribution in [0.15, 0.2) is 12.1 Å². The van der Waals surface area contributed by atoms with Crippen LogP contribution in [0.3, 0.4) is 0 Å². The lowest BCUT2D eigenvalue weighted by molar-refractivity contribution is 0.346. The van der Waals surface area contributed by atoms with Gasteiger partial charge in [-0.05, 0) is 24.8 Å². The normalized spacial score (nSPS) is 16.5. The number of methoxy groups -OCH3 is 3. The van der Waals surface area contributed by atoms with E-state index in [1.54, 1.807) is 21.3 Å². The Kier molecular flexibility index (Phi) is 3.43. The van der Waals surface area contributed by atoms with Gasteiger partial charge in [-0.3, -0.25) is 0 Å². The molecular formula is C13H19NO3. The van der Waals surface area contributed by atoms with E-state index in [0.29, 0.717) is 17.4 Å². The third-order valence-electron chi connectivity index (χ3n) is 3.22. The van der Waals surface area contributed by atoms with Gasteiger partial charge in [0.1, 0.15) is 5.75 Å². The first kappa shape index (κ1) is 12.0. The second kappa shape index (κ2) is 4.84. The van der Waals surface area contributed by atoms with Crippen molar-refractivity contribution in [2.45, 2.75) is 18.9 Å². The van der Waals surface area contributed by atoms with Crippen LogP contribution >= 0.6 is 0 Å². The van der Waals surface area contributed by atoms with Gasteiger partial charge in [0.2, 0.25) is 0 Å². The van der Waals surface area contributed by atoms with E-state index < -0.39 is 0 Å². The molecule has 0 aromatic heterocycles. The van der Waals surface area contributed by atoms with E-state index >= 15 is 0 Å². The largest absolute Gasteiger partial charge is 0.496 e. The Balaban J connectivity index is 2.41. The minimum atomic E-state index is 0.0183. The molecule has 0 aliphatic heterocycles. The van der Waals surface area contributed by atoms with E-state index in [2.05, 4.69) is 0 Å². The molecule has 1 aromatic carbocycles. The van der Waals surface area contributed by atoms with Crippen LogP contribution in [0.25, 0.3) is 0 Å². The number of nitrogens with two attached hydrogens (primary N) is 1. The summed E-state index contributed by atoms with van der Waals surface area (Å²) in [7, 11) is 4.87. The van der Waals surface area contributed by atoms with Crippen LogP contribution in [-0.2, 0) is 0 Å². The van der Waals surface area contributed by atoms with Gasteiger partial charge in [-0.15, -0.1) is 0 Å². The predicted octanol–water partition coefficient (Wildman–Crippen LogP) is 2.12. The molecule has 1 atom stereocenters. The highest BCUT2D eigenvalue weighted by Crippen LogP contribution is 2.45. The van der Waals surface area contributed by atoms with Crippen molar-refractivity contribution >= 4 is 0 Å². The van der Waals surface area contributed by atoms with Crippen molar-refractivity contribution in [2.75, 3.05) is 21.3 Å². The van der Waals surface area contributed by atoms with Crippen molar-refractivity contribution in [3.8, 4) is 17.2 Å². The number of rotatable bonds is 5. The Morgan fingerprint density at radius 2 is 1.53 bits per heavy atom. The summed E-state index contributed by atoms with van der Waals surface area (Å²) >= 11 is 0. The summed E-state index contributed by atoms with van der Waals surface area (Å²) in [5.41, 5.74) is 7.21. The van der Waals surface area contributed by atoms with Gasteiger partial charge in [-0.1, -0.05) is 0 Å². The average molecular weight is 237 g/mol. The van der Waals surface area contributed by atoms with Crippen molar-refractivity contribution in [3.05, 3.63) is 17.7 Å². The lowest BCUT2D eigenvalue weighted by Gasteiger charge is -2.18. The molecule has 1 fully saturated rings. The van der Waals surface area contributed by atoms with Crippen LogP contribution in [0.5, 0.6) is 17.2 Å². The summed E-state index contributed by atoms with van der Waals surface area (Å²) in [6.07, 6.45) is 2.39. The first-order chi connectivity index (χ1) is 8.21. The molecule has 1 aromatic rings. The molecule has 94 valence electrons. The van der Waals surface area contributed by atoms with Crippen LogP contribution < -0.4 is 19.9 Å². The molecule has 17 heavy (non-hydrogen) atoms. The summed E-state index contributed by atoms with van der Waals surface area (Å²) in [4.78, 5) is 0. The monoisotopic (exact) mass is 237 g/mol. The van der Waals surface area contributed by atoms with E-state index in [9.17, 15) is 0 Å². The standard InChI is InChI=1S/C13H19NO3/c1-15-10-7-12(17-3)11(16-2)6-9(10)13(14)8-4-5-8/h6-8,13H,4-5,14H2,1-3H3. The maximum absolute atomic E-state index is 6.22. The molecule has 1 aliphatic carbocycles. The zero-order valence-corrected chi connectivity index (χ0v) is 10.5. The Hall–Kier alpha value is -1.42. The van der Waals surface area contributed by atoms with Gasteiger partial charge in [0, 0.05) is 17.7 Å². The predicted molar refractivity (Wildman–Crippen MR) is 65.8 cm³/mol. The molecule has 2 rings (SSSR count).